The number of halogens is 1. The quantitative estimate of drug-likeness (QED) is 0.640. The fourth-order valence-corrected chi connectivity index (χ4v) is 3.84. The molecule has 0 bridgehead atoms. The summed E-state index contributed by atoms with van der Waals surface area (Å²) in [5.41, 5.74) is -0.123. The first-order valence-corrected chi connectivity index (χ1v) is 10.3. The molecule has 2 amide bonds. The van der Waals surface area contributed by atoms with Gasteiger partial charge < -0.3 is 20.7 Å². The zero-order valence-electron chi connectivity index (χ0n) is 17.4. The fourth-order valence-electron chi connectivity index (χ4n) is 3.84. The number of carbonyl (C=O) groups excluding carboxylic acids is 2. The lowest BCUT2D eigenvalue weighted by Crippen LogP contribution is -2.51. The van der Waals surface area contributed by atoms with Crippen LogP contribution >= 0.6 is 0 Å². The van der Waals surface area contributed by atoms with Crippen LogP contribution in [0.25, 0.3) is 5.57 Å². The molecule has 4 atom stereocenters. The number of nitriles is 1. The van der Waals surface area contributed by atoms with Crippen LogP contribution in [-0.2, 0) is 14.3 Å². The van der Waals surface area contributed by atoms with Crippen LogP contribution in [0.5, 0.6) is 0 Å². The van der Waals surface area contributed by atoms with E-state index in [1.54, 1.807) is 6.08 Å². The van der Waals surface area contributed by atoms with E-state index in [9.17, 15) is 14.9 Å². The Kier molecular flexibility index (Phi) is 7.55. The molecule has 8 heteroatoms. The van der Waals surface area contributed by atoms with Crippen molar-refractivity contribution in [2.24, 2.45) is 5.41 Å². The first kappa shape index (κ1) is 22.7. The van der Waals surface area contributed by atoms with Gasteiger partial charge in [0.2, 0.25) is 5.91 Å². The second kappa shape index (κ2) is 10.3. The van der Waals surface area contributed by atoms with E-state index in [2.05, 4.69) is 16.0 Å². The van der Waals surface area contributed by atoms with Gasteiger partial charge in [-0.15, -0.1) is 0 Å². The van der Waals surface area contributed by atoms with Crippen LogP contribution < -0.4 is 16.0 Å². The molecule has 3 rings (SSSR count). The number of carbonyl (C=O) groups is 2. The van der Waals surface area contributed by atoms with E-state index in [1.165, 1.54) is 19.2 Å². The molecule has 3 unspecified atom stereocenters. The molecule has 0 spiro atoms. The van der Waals surface area contributed by atoms with Crippen molar-refractivity contribution in [2.45, 2.75) is 31.2 Å². The van der Waals surface area contributed by atoms with Crippen molar-refractivity contribution in [1.29, 1.82) is 5.26 Å². The van der Waals surface area contributed by atoms with Gasteiger partial charge in [-0.3, -0.25) is 9.59 Å². The van der Waals surface area contributed by atoms with Crippen LogP contribution in [0.3, 0.4) is 0 Å². The van der Waals surface area contributed by atoms with Crippen LogP contribution in [0.2, 0.25) is 0 Å². The highest BCUT2D eigenvalue weighted by Gasteiger charge is 2.46. The van der Waals surface area contributed by atoms with E-state index >= 15 is 4.39 Å². The Morgan fingerprint density at radius 1 is 1.39 bits per heavy atom. The number of nitrogens with one attached hydrogen (secondary N) is 3. The number of alkyl halides is 1. The summed E-state index contributed by atoms with van der Waals surface area (Å²) in [6.07, 6.45) is 2.76. The summed E-state index contributed by atoms with van der Waals surface area (Å²) in [4.78, 5) is 25.3. The molecule has 164 valence electrons. The molecule has 1 aliphatic heterocycles. The van der Waals surface area contributed by atoms with Crippen molar-refractivity contribution >= 4 is 17.4 Å². The van der Waals surface area contributed by atoms with Gasteiger partial charge in [0.15, 0.2) is 0 Å². The van der Waals surface area contributed by atoms with Gasteiger partial charge in [-0.05, 0) is 30.2 Å². The first-order chi connectivity index (χ1) is 15.0. The third kappa shape index (κ3) is 5.19. The van der Waals surface area contributed by atoms with Crippen molar-refractivity contribution in [3.63, 3.8) is 0 Å². The average molecular weight is 426 g/mol. The maximum atomic E-state index is 15.5. The summed E-state index contributed by atoms with van der Waals surface area (Å²) in [6, 6.07) is 10.2. The van der Waals surface area contributed by atoms with E-state index < -0.39 is 35.5 Å². The second-order valence-corrected chi connectivity index (χ2v) is 7.65. The largest absolute Gasteiger partial charge is 0.367 e. The number of rotatable bonds is 6. The number of benzene rings is 1. The van der Waals surface area contributed by atoms with Gasteiger partial charge in [-0.2, -0.15) is 5.26 Å². The summed E-state index contributed by atoms with van der Waals surface area (Å²) in [5.74, 6) is -1.01. The van der Waals surface area contributed by atoms with E-state index in [-0.39, 0.29) is 6.42 Å². The normalized spacial score (nSPS) is 26.7. The van der Waals surface area contributed by atoms with Gasteiger partial charge in [-0.25, -0.2) is 4.39 Å². The highest BCUT2D eigenvalue weighted by Crippen LogP contribution is 2.39. The van der Waals surface area contributed by atoms with Crippen molar-refractivity contribution < 1.29 is 18.7 Å². The Morgan fingerprint density at radius 2 is 2.16 bits per heavy atom. The van der Waals surface area contributed by atoms with Gasteiger partial charge in [-0.1, -0.05) is 42.5 Å². The molecule has 3 N–H and O–H groups in total. The standard InChI is InChI=1S/C23H27FN4O3/c1-26-22(30)23(9-8-17(12-20(23)24)16-6-3-2-4-7-16)13-18(14-25)28-21(29)19-15-27-10-5-11-31-19/h2-4,6-9,12,18-20,27H,5,10-11,13,15H2,1H3,(H,26,30)(H,28,29)/t18?,19-,20?,23?/m0/s1. The number of ether oxygens (including phenoxy) is 1. The zero-order chi connectivity index (χ0) is 22.3. The predicted octanol–water partition coefficient (Wildman–Crippen LogP) is 1.49. The lowest BCUT2D eigenvalue weighted by molar-refractivity contribution is -0.134. The van der Waals surface area contributed by atoms with Crippen LogP contribution in [0.15, 0.2) is 48.6 Å². The lowest BCUT2D eigenvalue weighted by atomic mass is 9.72. The van der Waals surface area contributed by atoms with E-state index in [0.717, 1.165) is 18.5 Å². The highest BCUT2D eigenvalue weighted by atomic mass is 19.1. The summed E-state index contributed by atoms with van der Waals surface area (Å²) in [7, 11) is 1.42. The maximum absolute atomic E-state index is 15.5. The van der Waals surface area contributed by atoms with Crippen LogP contribution in [0.4, 0.5) is 4.39 Å². The van der Waals surface area contributed by atoms with Crippen molar-refractivity contribution in [2.75, 3.05) is 26.7 Å². The summed E-state index contributed by atoms with van der Waals surface area (Å²) in [6.45, 7) is 1.52. The minimum absolute atomic E-state index is 0.203. The van der Waals surface area contributed by atoms with Gasteiger partial charge in [0.25, 0.3) is 5.91 Å². The van der Waals surface area contributed by atoms with Gasteiger partial charge >= 0.3 is 0 Å². The summed E-state index contributed by atoms with van der Waals surface area (Å²) >= 11 is 0. The number of amides is 2. The van der Waals surface area contributed by atoms with E-state index in [1.807, 2.05) is 36.4 Å². The van der Waals surface area contributed by atoms with E-state index in [4.69, 9.17) is 4.74 Å². The van der Waals surface area contributed by atoms with Gasteiger partial charge in [0.1, 0.15) is 23.7 Å². The van der Waals surface area contributed by atoms with Crippen LogP contribution in [-0.4, -0.2) is 56.9 Å². The molecule has 1 aromatic rings. The van der Waals surface area contributed by atoms with Crippen LogP contribution in [0, 0.1) is 16.7 Å². The van der Waals surface area contributed by atoms with Crippen molar-refractivity contribution in [3.05, 3.63) is 54.1 Å². The molecule has 2 aliphatic rings. The number of nitrogens with zero attached hydrogens (tertiary/aromatic N) is 1. The smallest absolute Gasteiger partial charge is 0.251 e. The predicted molar refractivity (Wildman–Crippen MR) is 114 cm³/mol. The molecule has 0 aromatic heterocycles. The lowest BCUT2D eigenvalue weighted by Gasteiger charge is -2.35. The van der Waals surface area contributed by atoms with E-state index in [0.29, 0.717) is 18.7 Å². The average Bonchev–Trinajstić information content (AvgIpc) is 3.09. The molecular weight excluding hydrogens is 399 g/mol. The molecular formula is C23H27FN4O3. The second-order valence-electron chi connectivity index (χ2n) is 7.65. The molecule has 1 aromatic carbocycles. The zero-order valence-corrected chi connectivity index (χ0v) is 17.4. The van der Waals surface area contributed by atoms with Crippen molar-refractivity contribution in [3.8, 4) is 6.07 Å². The van der Waals surface area contributed by atoms with Gasteiger partial charge in [0, 0.05) is 26.6 Å². The molecule has 1 aliphatic carbocycles. The maximum Gasteiger partial charge on any atom is 0.251 e. The summed E-state index contributed by atoms with van der Waals surface area (Å²) in [5, 5.41) is 17.8. The van der Waals surface area contributed by atoms with Crippen LogP contribution in [0.1, 0.15) is 18.4 Å². The molecule has 1 saturated heterocycles. The molecule has 1 heterocycles. The summed E-state index contributed by atoms with van der Waals surface area (Å²) < 4.78 is 21.0. The topological polar surface area (TPSA) is 103 Å². The Labute approximate surface area is 181 Å². The Balaban J connectivity index is 1.78. The monoisotopic (exact) mass is 426 g/mol. The molecule has 7 nitrogen and oxygen atoms in total. The highest BCUT2D eigenvalue weighted by molar-refractivity contribution is 5.89. The molecule has 1 fully saturated rings. The minimum Gasteiger partial charge on any atom is -0.367 e. The van der Waals surface area contributed by atoms with Gasteiger partial charge in [0.05, 0.1) is 6.07 Å². The Morgan fingerprint density at radius 3 is 2.84 bits per heavy atom. The third-order valence-electron chi connectivity index (χ3n) is 5.59. The fraction of sp³-hybridized carbons (Fsp3) is 0.435. The SMILES string of the molecule is CNC(=O)C1(CC(C#N)NC(=O)[C@@H]2CNCCCO2)C=CC(c2ccccc2)=CC1F. The third-order valence-corrected chi connectivity index (χ3v) is 5.59. The molecule has 31 heavy (non-hydrogen) atoms. The Hall–Kier alpha value is -3.02. The number of allylic oxidation sites excluding steroid dienone is 3. The number of hydrogen-bond donors (Lipinski definition) is 3. The first-order valence-electron chi connectivity index (χ1n) is 10.3. The Bertz CT molecular complexity index is 888. The molecule has 0 radical (unpaired) electrons. The molecule has 0 saturated carbocycles. The van der Waals surface area contributed by atoms with Crippen molar-refractivity contribution in [1.82, 2.24) is 16.0 Å². The number of hydrogen-bond acceptors (Lipinski definition) is 5. The minimum atomic E-state index is -1.67.